The molecule has 0 N–H and O–H groups in total. The van der Waals surface area contributed by atoms with Crippen molar-refractivity contribution >= 4 is 8.88 Å². The molecule has 0 saturated carbocycles. The average molecular weight is 286 g/mol. The number of hydrogen-bond donors (Lipinski definition) is 0. The molecule has 1 heterocycles. The second-order valence-corrected chi connectivity index (χ2v) is 9.43. The van der Waals surface area contributed by atoms with Gasteiger partial charge in [0.2, 0.25) is 0 Å². The largest absolute Gasteiger partial charge is 0.589 e. The minimum absolute atomic E-state index is 0.0208. The van der Waals surface area contributed by atoms with Gasteiger partial charge in [0.1, 0.15) is 0 Å². The lowest BCUT2D eigenvalue weighted by Crippen LogP contribution is -2.71. The molecule has 0 amide bonds. The summed E-state index contributed by atoms with van der Waals surface area (Å²) in [7, 11) is -2.61. The van der Waals surface area contributed by atoms with Crippen molar-refractivity contribution in [3.8, 4) is 0 Å². The molecule has 0 bridgehead atoms. The Hall–Kier alpha value is -0.523. The van der Waals surface area contributed by atoms with Gasteiger partial charge < -0.3 is 18.0 Å². The Morgan fingerprint density at radius 3 is 1.32 bits per heavy atom. The molecule has 0 aromatic rings. The van der Waals surface area contributed by atoms with Gasteiger partial charge in [-0.05, 0) is 55.4 Å². The second-order valence-electron chi connectivity index (χ2n) is 6.79. The van der Waals surface area contributed by atoms with Gasteiger partial charge in [-0.2, -0.15) is 0 Å². The standard InChI is InChI=1S/C14H30N2O2Si/c1-9-17-19(18-10-2)15(13(3,4)5)11-12-16(19)14(6,7)8/h11-12H,9-10H2,1-8H3. The van der Waals surface area contributed by atoms with Crippen LogP contribution in [0.4, 0.5) is 0 Å². The maximum Gasteiger partial charge on any atom is 0.589 e. The first-order valence-corrected chi connectivity index (χ1v) is 8.85. The fourth-order valence-electron chi connectivity index (χ4n) is 2.43. The van der Waals surface area contributed by atoms with Crippen molar-refractivity contribution in [2.24, 2.45) is 0 Å². The average Bonchev–Trinajstić information content (AvgIpc) is 2.57. The molecule has 0 spiro atoms. The molecule has 5 heteroatoms. The first kappa shape index (κ1) is 16.5. The SMILES string of the molecule is CCO[Si]1(OCC)N(C(C)(C)C)C=CN1C(C)(C)C. The third kappa shape index (κ3) is 3.15. The highest BCUT2D eigenvalue weighted by Crippen LogP contribution is 2.37. The summed E-state index contributed by atoms with van der Waals surface area (Å²) in [6, 6.07) is 0. The summed E-state index contributed by atoms with van der Waals surface area (Å²) in [5.74, 6) is 0. The van der Waals surface area contributed by atoms with Crippen LogP contribution in [-0.2, 0) is 8.85 Å². The summed E-state index contributed by atoms with van der Waals surface area (Å²) in [6.07, 6.45) is 4.26. The van der Waals surface area contributed by atoms with Crippen LogP contribution in [0.3, 0.4) is 0 Å². The number of rotatable bonds is 4. The second kappa shape index (κ2) is 5.46. The van der Waals surface area contributed by atoms with E-state index >= 15 is 0 Å². The van der Waals surface area contributed by atoms with Gasteiger partial charge in [0.25, 0.3) is 0 Å². The molecule has 0 aliphatic carbocycles. The highest BCUT2D eigenvalue weighted by molar-refractivity contribution is 6.63. The van der Waals surface area contributed by atoms with Crippen LogP contribution in [0, 0.1) is 0 Å². The number of nitrogens with zero attached hydrogens (tertiary/aromatic N) is 2. The van der Waals surface area contributed by atoms with E-state index in [-0.39, 0.29) is 11.1 Å². The van der Waals surface area contributed by atoms with E-state index in [2.05, 4.69) is 63.1 Å². The molecule has 0 unspecified atom stereocenters. The molecule has 0 atom stereocenters. The zero-order chi connectivity index (χ0) is 14.9. The van der Waals surface area contributed by atoms with Crippen molar-refractivity contribution in [3.05, 3.63) is 12.4 Å². The van der Waals surface area contributed by atoms with Crippen molar-refractivity contribution in [2.75, 3.05) is 13.2 Å². The first-order valence-electron chi connectivity index (χ1n) is 7.14. The van der Waals surface area contributed by atoms with Gasteiger partial charge in [-0.1, -0.05) is 0 Å². The van der Waals surface area contributed by atoms with Crippen molar-refractivity contribution in [1.29, 1.82) is 0 Å². The summed E-state index contributed by atoms with van der Waals surface area (Å²) >= 11 is 0. The Bertz CT molecular complexity index is 299. The van der Waals surface area contributed by atoms with Crippen molar-refractivity contribution in [3.63, 3.8) is 0 Å². The summed E-state index contributed by atoms with van der Waals surface area (Å²) in [5, 5.41) is 0. The minimum Gasteiger partial charge on any atom is -0.362 e. The van der Waals surface area contributed by atoms with Crippen molar-refractivity contribution in [2.45, 2.75) is 66.5 Å². The Kier molecular flexibility index (Phi) is 4.75. The van der Waals surface area contributed by atoms with E-state index in [0.29, 0.717) is 13.2 Å². The van der Waals surface area contributed by atoms with Gasteiger partial charge in [-0.15, -0.1) is 0 Å². The van der Waals surface area contributed by atoms with Crippen LogP contribution in [0.25, 0.3) is 0 Å². The van der Waals surface area contributed by atoms with Gasteiger partial charge in [0.05, 0.1) is 0 Å². The number of hydrogen-bond acceptors (Lipinski definition) is 4. The lowest BCUT2D eigenvalue weighted by molar-refractivity contribution is 0.0560. The third-order valence-electron chi connectivity index (χ3n) is 3.08. The van der Waals surface area contributed by atoms with E-state index in [9.17, 15) is 0 Å². The summed E-state index contributed by atoms with van der Waals surface area (Å²) in [5.41, 5.74) is -0.0415. The molecule has 0 aromatic carbocycles. The lowest BCUT2D eigenvalue weighted by Gasteiger charge is -2.49. The fraction of sp³-hybridized carbons (Fsp3) is 0.857. The molecular weight excluding hydrogens is 256 g/mol. The van der Waals surface area contributed by atoms with Gasteiger partial charge >= 0.3 is 8.88 Å². The Labute approximate surface area is 119 Å². The molecule has 1 aliphatic rings. The van der Waals surface area contributed by atoms with Crippen LogP contribution < -0.4 is 0 Å². The predicted molar refractivity (Wildman–Crippen MR) is 81.3 cm³/mol. The smallest absolute Gasteiger partial charge is 0.362 e. The molecule has 0 fully saturated rings. The van der Waals surface area contributed by atoms with E-state index in [1.54, 1.807) is 0 Å². The van der Waals surface area contributed by atoms with Crippen LogP contribution in [0.5, 0.6) is 0 Å². The summed E-state index contributed by atoms with van der Waals surface area (Å²) in [6.45, 7) is 18.6. The molecule has 1 rings (SSSR count). The van der Waals surface area contributed by atoms with Gasteiger partial charge in [0.15, 0.2) is 0 Å². The normalized spacial score (nSPS) is 19.4. The third-order valence-corrected chi connectivity index (χ3v) is 7.27. The monoisotopic (exact) mass is 286 g/mol. The molecule has 0 radical (unpaired) electrons. The van der Waals surface area contributed by atoms with Crippen molar-refractivity contribution in [1.82, 2.24) is 9.13 Å². The molecule has 1 aliphatic heterocycles. The topological polar surface area (TPSA) is 24.9 Å². The molecule has 4 nitrogen and oxygen atoms in total. The fourth-order valence-corrected chi connectivity index (χ4v) is 6.26. The van der Waals surface area contributed by atoms with E-state index in [1.165, 1.54) is 0 Å². The highest BCUT2D eigenvalue weighted by atomic mass is 28.4. The van der Waals surface area contributed by atoms with Gasteiger partial charge in [0, 0.05) is 36.7 Å². The molecule has 19 heavy (non-hydrogen) atoms. The van der Waals surface area contributed by atoms with E-state index < -0.39 is 8.88 Å². The molecule has 112 valence electrons. The van der Waals surface area contributed by atoms with E-state index in [0.717, 1.165) is 0 Å². The zero-order valence-electron chi connectivity index (χ0n) is 13.8. The maximum atomic E-state index is 6.22. The van der Waals surface area contributed by atoms with E-state index in [4.69, 9.17) is 8.85 Å². The Morgan fingerprint density at radius 1 is 0.789 bits per heavy atom. The Morgan fingerprint density at radius 2 is 1.11 bits per heavy atom. The lowest BCUT2D eigenvalue weighted by atomic mass is 10.1. The van der Waals surface area contributed by atoms with Crippen LogP contribution in [0.15, 0.2) is 12.4 Å². The maximum absolute atomic E-state index is 6.22. The molecule has 0 aromatic heterocycles. The zero-order valence-corrected chi connectivity index (χ0v) is 14.8. The van der Waals surface area contributed by atoms with Crippen molar-refractivity contribution < 1.29 is 8.85 Å². The summed E-state index contributed by atoms with van der Waals surface area (Å²) < 4.78 is 17.0. The summed E-state index contributed by atoms with van der Waals surface area (Å²) in [4.78, 5) is 0. The van der Waals surface area contributed by atoms with E-state index in [1.807, 2.05) is 13.8 Å². The van der Waals surface area contributed by atoms with Crippen LogP contribution in [-0.4, -0.2) is 42.3 Å². The predicted octanol–water partition coefficient (Wildman–Crippen LogP) is 3.18. The van der Waals surface area contributed by atoms with Crippen LogP contribution in [0.2, 0.25) is 0 Å². The Balaban J connectivity index is 3.25. The molecule has 0 saturated heterocycles. The van der Waals surface area contributed by atoms with Gasteiger partial charge in [-0.25, -0.2) is 0 Å². The minimum atomic E-state index is -2.61. The van der Waals surface area contributed by atoms with Crippen LogP contribution in [0.1, 0.15) is 55.4 Å². The van der Waals surface area contributed by atoms with Gasteiger partial charge in [-0.3, -0.25) is 0 Å². The molecular formula is C14H30N2O2Si. The quantitative estimate of drug-likeness (QED) is 0.741. The van der Waals surface area contributed by atoms with Crippen LogP contribution >= 0.6 is 0 Å². The first-order chi connectivity index (χ1) is 8.59. The highest BCUT2D eigenvalue weighted by Gasteiger charge is 2.59.